The van der Waals surface area contributed by atoms with E-state index in [0.717, 1.165) is 0 Å². The summed E-state index contributed by atoms with van der Waals surface area (Å²) < 4.78 is 51.8. The van der Waals surface area contributed by atoms with Gasteiger partial charge < -0.3 is 20.5 Å². The van der Waals surface area contributed by atoms with Gasteiger partial charge in [0.05, 0.1) is 38.1 Å². The standard InChI is InChI=1S/C22H22F3N5O3S/c1-20-9-32-10-21(20,30-19(26)34-11-20)14-4-13(2-3-15(14)23)29-18(31)16-6-28-17(7-27-16)33-8-12-5-22(12,24)25/h2-4,6-7,12H,5,8-11H2,1H3,(H2,26,30)(H,29,31). The monoisotopic (exact) mass is 493 g/mol. The molecule has 3 atom stereocenters. The summed E-state index contributed by atoms with van der Waals surface area (Å²) in [5.74, 6) is -3.87. The molecule has 1 amide bonds. The first-order valence-electron chi connectivity index (χ1n) is 10.6. The molecule has 2 aromatic rings. The van der Waals surface area contributed by atoms with Crippen LogP contribution in [0.4, 0.5) is 18.9 Å². The fraction of sp³-hybridized carbons (Fsp3) is 0.455. The van der Waals surface area contributed by atoms with E-state index in [1.807, 2.05) is 6.92 Å². The molecule has 2 fully saturated rings. The van der Waals surface area contributed by atoms with Crippen molar-refractivity contribution in [3.8, 4) is 5.88 Å². The molecule has 0 spiro atoms. The summed E-state index contributed by atoms with van der Waals surface area (Å²) in [4.78, 5) is 25.2. The number of nitrogens with one attached hydrogen (secondary N) is 1. The Hall–Kier alpha value is -2.86. The molecular weight excluding hydrogens is 471 g/mol. The van der Waals surface area contributed by atoms with Crippen LogP contribution >= 0.6 is 11.8 Å². The molecule has 8 nitrogen and oxygen atoms in total. The maximum atomic E-state index is 15.0. The third kappa shape index (κ3) is 3.98. The number of amidine groups is 1. The lowest BCUT2D eigenvalue weighted by atomic mass is 9.70. The van der Waals surface area contributed by atoms with E-state index in [1.165, 1.54) is 42.4 Å². The minimum Gasteiger partial charge on any atom is -0.476 e. The van der Waals surface area contributed by atoms with Gasteiger partial charge in [-0.05, 0) is 18.2 Å². The number of carbonyl (C=O) groups is 1. The number of hydrogen-bond donors (Lipinski definition) is 2. The SMILES string of the molecule is CC12COCC1(c1cc(NC(=O)c3cnc(OCC4CC4(F)F)cn3)ccc1F)N=C(N)SC2. The van der Waals surface area contributed by atoms with Gasteiger partial charge in [-0.1, -0.05) is 18.7 Å². The second-order valence-corrected chi connectivity index (χ2v) is 10.0. The number of carbonyl (C=O) groups excluding carboxylic acids is 1. The van der Waals surface area contributed by atoms with Gasteiger partial charge >= 0.3 is 0 Å². The van der Waals surface area contributed by atoms with Crippen molar-refractivity contribution in [3.05, 3.63) is 47.7 Å². The van der Waals surface area contributed by atoms with Gasteiger partial charge in [0.15, 0.2) is 5.17 Å². The number of alkyl halides is 2. The molecule has 1 saturated heterocycles. The lowest BCUT2D eigenvalue weighted by Gasteiger charge is -2.42. The highest BCUT2D eigenvalue weighted by Gasteiger charge is 2.58. The number of rotatable bonds is 6. The predicted octanol–water partition coefficient (Wildman–Crippen LogP) is 3.20. The van der Waals surface area contributed by atoms with Crippen LogP contribution in [0.3, 0.4) is 0 Å². The Morgan fingerprint density at radius 3 is 2.82 bits per heavy atom. The van der Waals surface area contributed by atoms with Crippen LogP contribution < -0.4 is 15.8 Å². The molecule has 1 aliphatic carbocycles. The number of hydrogen-bond acceptors (Lipinski definition) is 8. The lowest BCUT2D eigenvalue weighted by molar-refractivity contribution is 0.0849. The Bertz CT molecular complexity index is 1160. The van der Waals surface area contributed by atoms with Gasteiger partial charge in [-0.3, -0.25) is 4.79 Å². The van der Waals surface area contributed by atoms with Crippen LogP contribution in [0.2, 0.25) is 0 Å². The van der Waals surface area contributed by atoms with Gasteiger partial charge in [0.25, 0.3) is 11.8 Å². The largest absolute Gasteiger partial charge is 0.476 e. The van der Waals surface area contributed by atoms with Gasteiger partial charge in [-0.25, -0.2) is 28.1 Å². The highest BCUT2D eigenvalue weighted by atomic mass is 32.2. The zero-order chi connectivity index (χ0) is 24.1. The first-order valence-corrected chi connectivity index (χ1v) is 11.6. The lowest BCUT2D eigenvalue weighted by Crippen LogP contribution is -2.48. The molecule has 0 bridgehead atoms. The number of benzene rings is 1. The molecule has 2 aliphatic heterocycles. The molecule has 12 heteroatoms. The Labute approximate surface area is 197 Å². The van der Waals surface area contributed by atoms with Gasteiger partial charge in [0, 0.05) is 28.8 Å². The maximum absolute atomic E-state index is 15.0. The van der Waals surface area contributed by atoms with Crippen LogP contribution in [0.25, 0.3) is 0 Å². The van der Waals surface area contributed by atoms with E-state index in [0.29, 0.717) is 28.8 Å². The molecule has 3 unspecified atom stereocenters. The van der Waals surface area contributed by atoms with Crippen LogP contribution in [0.15, 0.2) is 35.6 Å². The third-order valence-electron chi connectivity index (χ3n) is 6.49. The molecule has 3 aliphatic rings. The van der Waals surface area contributed by atoms with Gasteiger partial charge in [0.2, 0.25) is 5.88 Å². The summed E-state index contributed by atoms with van der Waals surface area (Å²) in [6.07, 6.45) is 2.18. The third-order valence-corrected chi connectivity index (χ3v) is 7.66. The molecule has 1 aromatic heterocycles. The number of halogens is 3. The first-order chi connectivity index (χ1) is 16.1. The highest BCUT2D eigenvalue weighted by molar-refractivity contribution is 8.13. The van der Waals surface area contributed by atoms with Crippen molar-refractivity contribution in [2.75, 3.05) is 30.9 Å². The number of ether oxygens (including phenoxy) is 2. The minimum absolute atomic E-state index is 0.0153. The van der Waals surface area contributed by atoms with Crippen molar-refractivity contribution in [2.24, 2.45) is 22.1 Å². The molecule has 0 radical (unpaired) electrons. The Balaban J connectivity index is 1.32. The topological polar surface area (TPSA) is 112 Å². The first kappa shape index (κ1) is 22.9. The molecule has 3 heterocycles. The summed E-state index contributed by atoms with van der Waals surface area (Å²) >= 11 is 1.41. The van der Waals surface area contributed by atoms with Crippen molar-refractivity contribution in [1.29, 1.82) is 0 Å². The molecular formula is C22H22F3N5O3S. The van der Waals surface area contributed by atoms with E-state index in [2.05, 4.69) is 20.3 Å². The minimum atomic E-state index is -2.68. The summed E-state index contributed by atoms with van der Waals surface area (Å²) in [7, 11) is 0. The summed E-state index contributed by atoms with van der Waals surface area (Å²) in [5.41, 5.74) is 5.15. The normalized spacial score (nSPS) is 29.2. The van der Waals surface area contributed by atoms with E-state index in [9.17, 15) is 13.6 Å². The Morgan fingerprint density at radius 1 is 1.32 bits per heavy atom. The molecule has 5 rings (SSSR count). The quantitative estimate of drug-likeness (QED) is 0.636. The number of aromatic nitrogens is 2. The fourth-order valence-electron chi connectivity index (χ4n) is 4.22. The van der Waals surface area contributed by atoms with Crippen molar-refractivity contribution in [3.63, 3.8) is 0 Å². The van der Waals surface area contributed by atoms with Gasteiger partial charge in [-0.2, -0.15) is 0 Å². The zero-order valence-electron chi connectivity index (χ0n) is 18.2. The fourth-order valence-corrected chi connectivity index (χ4v) is 5.23. The van der Waals surface area contributed by atoms with E-state index in [4.69, 9.17) is 15.2 Å². The van der Waals surface area contributed by atoms with Crippen molar-refractivity contribution in [2.45, 2.75) is 24.8 Å². The summed E-state index contributed by atoms with van der Waals surface area (Å²) in [5, 5.41) is 3.04. The van der Waals surface area contributed by atoms with E-state index in [1.54, 1.807) is 0 Å². The molecule has 34 heavy (non-hydrogen) atoms. The van der Waals surface area contributed by atoms with E-state index < -0.39 is 34.5 Å². The van der Waals surface area contributed by atoms with E-state index in [-0.39, 0.29) is 31.2 Å². The van der Waals surface area contributed by atoms with Gasteiger partial charge in [0.1, 0.15) is 17.1 Å². The Kier molecular flexibility index (Phi) is 5.47. The number of thioether (sulfide) groups is 1. The number of amides is 1. The van der Waals surface area contributed by atoms with E-state index >= 15 is 4.39 Å². The number of fused-ring (bicyclic) bond motifs is 1. The number of nitrogens with zero attached hydrogens (tertiary/aromatic N) is 3. The van der Waals surface area contributed by atoms with Crippen LogP contribution in [0.1, 0.15) is 29.4 Å². The van der Waals surface area contributed by atoms with Crippen LogP contribution in [0, 0.1) is 17.2 Å². The summed E-state index contributed by atoms with van der Waals surface area (Å²) in [6.45, 7) is 2.41. The van der Waals surface area contributed by atoms with Gasteiger partial charge in [-0.15, -0.1) is 0 Å². The molecule has 1 saturated carbocycles. The molecule has 1 aromatic carbocycles. The number of aliphatic imine (C=N–C) groups is 1. The average Bonchev–Trinajstić information content (AvgIpc) is 3.27. The van der Waals surface area contributed by atoms with Crippen LogP contribution in [-0.4, -0.2) is 52.5 Å². The Morgan fingerprint density at radius 2 is 2.12 bits per heavy atom. The molecule has 3 N–H and O–H groups in total. The maximum Gasteiger partial charge on any atom is 0.275 e. The molecule has 180 valence electrons. The number of nitrogens with two attached hydrogens (primary N) is 1. The van der Waals surface area contributed by atoms with Crippen molar-refractivity contribution < 1.29 is 27.4 Å². The summed E-state index contributed by atoms with van der Waals surface area (Å²) in [6, 6.07) is 4.24. The van der Waals surface area contributed by atoms with Crippen LogP contribution in [0.5, 0.6) is 5.88 Å². The average molecular weight is 494 g/mol. The predicted molar refractivity (Wildman–Crippen MR) is 120 cm³/mol. The van der Waals surface area contributed by atoms with Crippen molar-refractivity contribution >= 4 is 28.5 Å². The van der Waals surface area contributed by atoms with Crippen LogP contribution in [-0.2, 0) is 10.3 Å². The van der Waals surface area contributed by atoms with Crippen molar-refractivity contribution in [1.82, 2.24) is 9.97 Å². The highest BCUT2D eigenvalue weighted by Crippen LogP contribution is 2.53. The second kappa shape index (κ2) is 8.12. The smallest absolute Gasteiger partial charge is 0.275 e. The second-order valence-electron chi connectivity index (χ2n) is 9.01. The zero-order valence-corrected chi connectivity index (χ0v) is 19.0. The number of anilines is 1.